The molecule has 0 saturated carbocycles. The topological polar surface area (TPSA) is 60.9 Å². The smallest absolute Gasteiger partial charge is 0.181 e. The Hall–Kier alpha value is -3.93. The summed E-state index contributed by atoms with van der Waals surface area (Å²) in [4.78, 5) is 49.5. The molecule has 6 nitrogen and oxygen atoms in total. The van der Waals surface area contributed by atoms with Gasteiger partial charge in [0.1, 0.15) is 5.92 Å². The Morgan fingerprint density at radius 3 is 0.884 bits per heavy atom. The van der Waals surface area contributed by atoms with Crippen LogP contribution in [0.3, 0.4) is 0 Å². The van der Waals surface area contributed by atoms with Crippen LogP contribution in [-0.4, -0.2) is 56.6 Å². The highest BCUT2D eigenvalue weighted by atomic mass is 16.2. The van der Waals surface area contributed by atoms with Crippen LogP contribution in [0.2, 0.25) is 0 Å². The van der Waals surface area contributed by atoms with Crippen LogP contribution in [0.5, 0.6) is 0 Å². The molecule has 0 amide bonds. The number of anilines is 3. The van der Waals surface area contributed by atoms with Crippen molar-refractivity contribution in [2.45, 2.75) is 62.3 Å². The molecule has 3 rings (SSSR count). The first kappa shape index (κ1) is 33.6. The second kappa shape index (κ2) is 15.0. The van der Waals surface area contributed by atoms with Crippen LogP contribution in [0, 0.1) is 26.7 Å². The van der Waals surface area contributed by atoms with Crippen molar-refractivity contribution in [1.29, 1.82) is 0 Å². The first-order valence-electron chi connectivity index (χ1n) is 15.8. The molecule has 0 atom stereocenters. The van der Waals surface area contributed by atoms with E-state index in [9.17, 15) is 14.4 Å². The lowest BCUT2D eigenvalue weighted by molar-refractivity contribution is 0.0733. The Balaban J connectivity index is 2.14. The van der Waals surface area contributed by atoms with Gasteiger partial charge in [-0.15, -0.1) is 0 Å². The standard InChI is InChI=1S/C37H49N3O3/c1-10-38(11-2)28-16-19-31(25(7)22-28)35(41)34(36(42)32-20-17-29(23-26(32)8)39(12-3)13-4)37(43)33-21-18-30(24-27(33)9)40(14-5)15-6/h16-24,34H,10-15H2,1-9H3. The van der Waals surface area contributed by atoms with Gasteiger partial charge in [-0.25, -0.2) is 0 Å². The van der Waals surface area contributed by atoms with E-state index < -0.39 is 23.3 Å². The van der Waals surface area contributed by atoms with Crippen molar-refractivity contribution in [3.05, 3.63) is 88.0 Å². The van der Waals surface area contributed by atoms with Crippen LogP contribution in [0.15, 0.2) is 54.6 Å². The van der Waals surface area contributed by atoms with Crippen LogP contribution in [0.25, 0.3) is 0 Å². The number of hydrogen-bond donors (Lipinski definition) is 0. The Morgan fingerprint density at radius 1 is 0.465 bits per heavy atom. The lowest BCUT2D eigenvalue weighted by atomic mass is 9.81. The highest BCUT2D eigenvalue weighted by Crippen LogP contribution is 2.29. The minimum absolute atomic E-state index is 0.400. The van der Waals surface area contributed by atoms with Gasteiger partial charge in [0.15, 0.2) is 17.3 Å². The molecule has 3 aromatic rings. The largest absolute Gasteiger partial charge is 0.372 e. The van der Waals surface area contributed by atoms with Gasteiger partial charge in [0.2, 0.25) is 0 Å². The SMILES string of the molecule is CCN(CC)c1ccc(C(=O)C(C(=O)c2ccc(N(CC)CC)cc2C)C(=O)c2ccc(N(CC)CC)cc2C)c(C)c1. The van der Waals surface area contributed by atoms with E-state index in [4.69, 9.17) is 0 Å². The molecular weight excluding hydrogens is 534 g/mol. The predicted molar refractivity (Wildman–Crippen MR) is 181 cm³/mol. The van der Waals surface area contributed by atoms with Gasteiger partial charge >= 0.3 is 0 Å². The summed E-state index contributed by atoms with van der Waals surface area (Å²) in [5.74, 6) is -2.86. The zero-order valence-electron chi connectivity index (χ0n) is 27.6. The highest BCUT2D eigenvalue weighted by molar-refractivity contribution is 6.32. The van der Waals surface area contributed by atoms with Crippen molar-refractivity contribution in [2.24, 2.45) is 5.92 Å². The normalized spacial score (nSPS) is 11.0. The second-order valence-corrected chi connectivity index (χ2v) is 11.0. The number of carbonyl (C=O) groups excluding carboxylic acids is 3. The zero-order valence-corrected chi connectivity index (χ0v) is 27.6. The van der Waals surface area contributed by atoms with E-state index in [-0.39, 0.29) is 0 Å². The third-order valence-corrected chi connectivity index (χ3v) is 8.60. The molecule has 6 heteroatoms. The molecular formula is C37H49N3O3. The molecule has 0 saturated heterocycles. The highest BCUT2D eigenvalue weighted by Gasteiger charge is 2.37. The minimum atomic E-state index is -1.48. The molecule has 0 unspecified atom stereocenters. The molecule has 43 heavy (non-hydrogen) atoms. The summed E-state index contributed by atoms with van der Waals surface area (Å²) in [6.45, 7) is 23.2. The first-order chi connectivity index (χ1) is 20.6. The van der Waals surface area contributed by atoms with E-state index in [1.165, 1.54) is 0 Å². The third-order valence-electron chi connectivity index (χ3n) is 8.60. The van der Waals surface area contributed by atoms with Crippen molar-refractivity contribution in [1.82, 2.24) is 0 Å². The van der Waals surface area contributed by atoms with Gasteiger partial charge in [0.05, 0.1) is 0 Å². The average Bonchev–Trinajstić information content (AvgIpc) is 2.99. The van der Waals surface area contributed by atoms with E-state index in [1.54, 1.807) is 18.2 Å². The van der Waals surface area contributed by atoms with Crippen LogP contribution in [-0.2, 0) is 0 Å². The van der Waals surface area contributed by atoms with Gasteiger partial charge < -0.3 is 14.7 Å². The first-order valence-corrected chi connectivity index (χ1v) is 15.8. The van der Waals surface area contributed by atoms with E-state index in [0.717, 1.165) is 73.0 Å². The Morgan fingerprint density at radius 2 is 0.698 bits per heavy atom. The summed E-state index contributed by atoms with van der Waals surface area (Å²) in [5, 5.41) is 0. The fourth-order valence-electron chi connectivity index (χ4n) is 5.95. The van der Waals surface area contributed by atoms with Gasteiger partial charge in [0.25, 0.3) is 0 Å². The summed E-state index contributed by atoms with van der Waals surface area (Å²) < 4.78 is 0. The number of benzene rings is 3. The molecule has 0 aromatic heterocycles. The monoisotopic (exact) mass is 583 g/mol. The summed E-state index contributed by atoms with van der Waals surface area (Å²) in [6.07, 6.45) is 0. The quantitative estimate of drug-likeness (QED) is 0.135. The molecule has 0 N–H and O–H groups in total. The van der Waals surface area contributed by atoms with Gasteiger partial charge in [-0.2, -0.15) is 0 Å². The van der Waals surface area contributed by atoms with E-state index in [0.29, 0.717) is 16.7 Å². The van der Waals surface area contributed by atoms with Gasteiger partial charge in [-0.1, -0.05) is 0 Å². The van der Waals surface area contributed by atoms with Crippen LogP contribution in [0.1, 0.15) is 89.3 Å². The van der Waals surface area contributed by atoms with Crippen LogP contribution in [0.4, 0.5) is 17.1 Å². The lowest BCUT2D eigenvalue weighted by Gasteiger charge is -2.24. The van der Waals surface area contributed by atoms with Gasteiger partial charge in [0, 0.05) is 73.0 Å². The Bertz CT molecular complexity index is 1270. The molecule has 0 spiro atoms. The zero-order chi connectivity index (χ0) is 31.8. The summed E-state index contributed by atoms with van der Waals surface area (Å²) >= 11 is 0. The Kier molecular flexibility index (Phi) is 11.7. The third kappa shape index (κ3) is 7.18. The maximum atomic E-state index is 14.3. The predicted octanol–water partition coefficient (Wildman–Crippen LogP) is 7.72. The van der Waals surface area contributed by atoms with E-state index >= 15 is 0 Å². The summed E-state index contributed by atoms with van der Waals surface area (Å²) in [7, 11) is 0. The molecule has 0 bridgehead atoms. The molecule has 0 aliphatic carbocycles. The van der Waals surface area contributed by atoms with E-state index in [2.05, 4.69) is 56.2 Å². The van der Waals surface area contributed by atoms with Crippen molar-refractivity contribution >= 4 is 34.4 Å². The number of rotatable bonds is 15. The van der Waals surface area contributed by atoms with Gasteiger partial charge in [-0.3, -0.25) is 14.4 Å². The number of nitrogens with zero attached hydrogens (tertiary/aromatic N) is 3. The molecule has 0 aliphatic rings. The molecule has 230 valence electrons. The number of Topliss-reactive ketones (excluding diaryl/α,β-unsaturated/α-hetero) is 3. The molecule has 0 heterocycles. The van der Waals surface area contributed by atoms with Crippen molar-refractivity contribution < 1.29 is 14.4 Å². The van der Waals surface area contributed by atoms with Gasteiger partial charge in [-0.05, 0) is 134 Å². The summed E-state index contributed by atoms with van der Waals surface area (Å²) in [6, 6.07) is 17.0. The number of aryl methyl sites for hydroxylation is 3. The van der Waals surface area contributed by atoms with E-state index in [1.807, 2.05) is 57.2 Å². The average molecular weight is 584 g/mol. The summed E-state index contributed by atoms with van der Waals surface area (Å²) in [5.41, 5.74) is 6.50. The van der Waals surface area contributed by atoms with Crippen LogP contribution >= 0.6 is 0 Å². The molecule has 3 aromatic carbocycles. The van der Waals surface area contributed by atoms with Crippen molar-refractivity contribution in [3.8, 4) is 0 Å². The minimum Gasteiger partial charge on any atom is -0.372 e. The fraction of sp³-hybridized carbons (Fsp3) is 0.432. The fourth-order valence-corrected chi connectivity index (χ4v) is 5.95. The number of carbonyl (C=O) groups is 3. The van der Waals surface area contributed by atoms with Crippen molar-refractivity contribution in [2.75, 3.05) is 54.0 Å². The lowest BCUT2D eigenvalue weighted by Crippen LogP contribution is -2.34. The number of hydrogen-bond acceptors (Lipinski definition) is 6. The Labute approximate surface area is 258 Å². The maximum Gasteiger partial charge on any atom is 0.181 e. The second-order valence-electron chi connectivity index (χ2n) is 11.0. The van der Waals surface area contributed by atoms with Crippen molar-refractivity contribution in [3.63, 3.8) is 0 Å². The molecule has 0 radical (unpaired) electrons. The molecule has 0 fully saturated rings. The maximum absolute atomic E-state index is 14.3. The van der Waals surface area contributed by atoms with Crippen LogP contribution < -0.4 is 14.7 Å². The molecule has 0 aliphatic heterocycles. The number of ketones is 3.